The normalized spacial score (nSPS) is 11.2. The number of benzene rings is 2. The summed E-state index contributed by atoms with van der Waals surface area (Å²) in [6.45, 7) is 2.24. The Labute approximate surface area is 169 Å². The second-order valence-corrected chi connectivity index (χ2v) is 7.44. The first kappa shape index (κ1) is 21.7. The summed E-state index contributed by atoms with van der Waals surface area (Å²) in [5.74, 6) is -0.0804. The van der Waals surface area contributed by atoms with Gasteiger partial charge in [-0.25, -0.2) is 0 Å². The molecular formula is C25H34N2O. The second-order valence-electron chi connectivity index (χ2n) is 7.44. The minimum absolute atomic E-state index is 0.0804. The number of nitrogen functional groups attached to an aromatic ring is 2. The molecule has 0 aliphatic carbocycles. The maximum Gasteiger partial charge on any atom is 0.188 e. The molecule has 0 bridgehead atoms. The molecule has 0 fully saturated rings. The van der Waals surface area contributed by atoms with E-state index in [1.54, 1.807) is 6.08 Å². The van der Waals surface area contributed by atoms with Gasteiger partial charge in [-0.1, -0.05) is 94.3 Å². The van der Waals surface area contributed by atoms with Crippen LogP contribution in [0.2, 0.25) is 0 Å². The predicted molar refractivity (Wildman–Crippen MR) is 121 cm³/mol. The molecule has 0 aliphatic rings. The van der Waals surface area contributed by atoms with Crippen LogP contribution in [0.1, 0.15) is 79.8 Å². The smallest absolute Gasteiger partial charge is 0.188 e. The molecule has 2 aromatic carbocycles. The summed E-state index contributed by atoms with van der Waals surface area (Å²) >= 11 is 0. The van der Waals surface area contributed by atoms with Gasteiger partial charge in [0.25, 0.3) is 0 Å². The molecule has 0 spiro atoms. The van der Waals surface area contributed by atoms with Gasteiger partial charge in [-0.3, -0.25) is 4.79 Å². The number of allylic oxidation sites excluding steroid dienone is 1. The summed E-state index contributed by atoms with van der Waals surface area (Å²) in [6, 6.07) is 13.6. The molecule has 0 unspecified atom stereocenters. The van der Waals surface area contributed by atoms with Crippen molar-refractivity contribution < 1.29 is 4.79 Å². The number of rotatable bonds is 12. The summed E-state index contributed by atoms with van der Waals surface area (Å²) < 4.78 is 0. The van der Waals surface area contributed by atoms with Crippen molar-refractivity contribution in [2.75, 3.05) is 11.5 Å². The van der Waals surface area contributed by atoms with Gasteiger partial charge in [-0.2, -0.15) is 0 Å². The van der Waals surface area contributed by atoms with Gasteiger partial charge in [0.05, 0.1) is 16.9 Å². The minimum atomic E-state index is -0.0804. The van der Waals surface area contributed by atoms with Crippen molar-refractivity contribution in [3.05, 3.63) is 65.2 Å². The topological polar surface area (TPSA) is 69.1 Å². The third kappa shape index (κ3) is 6.88. The number of nitrogens with two attached hydrogens (primary N) is 2. The Balaban J connectivity index is 1.96. The lowest BCUT2D eigenvalue weighted by Crippen LogP contribution is -2.09. The highest BCUT2D eigenvalue weighted by atomic mass is 16.1. The van der Waals surface area contributed by atoms with Crippen LogP contribution < -0.4 is 11.5 Å². The van der Waals surface area contributed by atoms with Crippen molar-refractivity contribution in [2.45, 2.75) is 64.7 Å². The maximum atomic E-state index is 12.8. The highest BCUT2D eigenvalue weighted by molar-refractivity contribution is 6.12. The van der Waals surface area contributed by atoms with E-state index >= 15 is 0 Å². The van der Waals surface area contributed by atoms with E-state index in [0.717, 1.165) is 24.0 Å². The highest BCUT2D eigenvalue weighted by Gasteiger charge is 2.15. The SMILES string of the molecule is CCCCCCCCCCc1ccc(N)c(N)c1C(=O)C=Cc1ccccc1. The molecule has 0 aromatic heterocycles. The zero-order valence-corrected chi connectivity index (χ0v) is 17.1. The van der Waals surface area contributed by atoms with Crippen LogP contribution in [0.3, 0.4) is 0 Å². The van der Waals surface area contributed by atoms with Crippen molar-refractivity contribution in [1.82, 2.24) is 0 Å². The number of aryl methyl sites for hydroxylation is 1. The van der Waals surface area contributed by atoms with Crippen molar-refractivity contribution >= 4 is 23.2 Å². The number of carbonyl (C=O) groups excluding carboxylic acids is 1. The van der Waals surface area contributed by atoms with Gasteiger partial charge in [0.15, 0.2) is 5.78 Å². The minimum Gasteiger partial charge on any atom is -0.397 e. The standard InChI is InChI=1S/C25H34N2O/c1-2-3-4-5-6-7-8-12-15-21-17-18-22(26)25(27)24(21)23(28)19-16-20-13-10-9-11-14-20/h9-11,13-14,16-19H,2-8,12,15,26-27H2,1H3. The summed E-state index contributed by atoms with van der Waals surface area (Å²) in [7, 11) is 0. The zero-order valence-electron chi connectivity index (χ0n) is 17.1. The van der Waals surface area contributed by atoms with Gasteiger partial charge in [0.1, 0.15) is 0 Å². The summed E-state index contributed by atoms with van der Waals surface area (Å²) in [5, 5.41) is 0. The zero-order chi connectivity index (χ0) is 20.2. The Bertz CT molecular complexity index is 766. The van der Waals surface area contributed by atoms with Crippen LogP contribution >= 0.6 is 0 Å². The Morgan fingerprint density at radius 3 is 2.18 bits per heavy atom. The van der Waals surface area contributed by atoms with Crippen LogP contribution in [0.25, 0.3) is 6.08 Å². The van der Waals surface area contributed by atoms with Crippen LogP contribution in [0.15, 0.2) is 48.5 Å². The van der Waals surface area contributed by atoms with Gasteiger partial charge in [0, 0.05) is 0 Å². The number of carbonyl (C=O) groups is 1. The molecule has 3 nitrogen and oxygen atoms in total. The molecule has 0 heterocycles. The van der Waals surface area contributed by atoms with Crippen LogP contribution in [0, 0.1) is 0 Å². The van der Waals surface area contributed by atoms with E-state index < -0.39 is 0 Å². The van der Waals surface area contributed by atoms with Crippen molar-refractivity contribution in [2.24, 2.45) is 0 Å². The number of ketones is 1. The molecule has 28 heavy (non-hydrogen) atoms. The molecule has 0 amide bonds. The monoisotopic (exact) mass is 378 g/mol. The van der Waals surface area contributed by atoms with Gasteiger partial charge < -0.3 is 11.5 Å². The van der Waals surface area contributed by atoms with Gasteiger partial charge in [-0.05, 0) is 36.1 Å². The molecule has 0 saturated heterocycles. The fourth-order valence-electron chi connectivity index (χ4n) is 3.45. The Hall–Kier alpha value is -2.55. The molecule has 150 valence electrons. The van der Waals surface area contributed by atoms with E-state index in [0.29, 0.717) is 16.9 Å². The Morgan fingerprint density at radius 1 is 0.857 bits per heavy atom. The molecule has 2 rings (SSSR count). The highest BCUT2D eigenvalue weighted by Crippen LogP contribution is 2.26. The van der Waals surface area contributed by atoms with E-state index in [1.165, 1.54) is 44.9 Å². The van der Waals surface area contributed by atoms with E-state index in [-0.39, 0.29) is 5.78 Å². The van der Waals surface area contributed by atoms with E-state index in [9.17, 15) is 4.79 Å². The molecule has 0 aliphatic heterocycles. The average Bonchev–Trinajstić information content (AvgIpc) is 2.71. The molecule has 0 radical (unpaired) electrons. The lowest BCUT2D eigenvalue weighted by atomic mass is 9.95. The van der Waals surface area contributed by atoms with E-state index in [4.69, 9.17) is 11.5 Å². The van der Waals surface area contributed by atoms with Crippen LogP contribution in [-0.4, -0.2) is 5.78 Å². The first-order valence-corrected chi connectivity index (χ1v) is 10.6. The molecule has 0 atom stereocenters. The number of unbranched alkanes of at least 4 members (excludes halogenated alkanes) is 7. The number of anilines is 2. The lowest BCUT2D eigenvalue weighted by molar-refractivity contribution is 0.104. The Morgan fingerprint density at radius 2 is 1.50 bits per heavy atom. The van der Waals surface area contributed by atoms with E-state index in [1.807, 2.05) is 48.5 Å². The van der Waals surface area contributed by atoms with Gasteiger partial charge >= 0.3 is 0 Å². The molecule has 4 N–H and O–H groups in total. The second kappa shape index (κ2) is 12.0. The molecular weight excluding hydrogens is 344 g/mol. The molecule has 0 saturated carbocycles. The van der Waals surface area contributed by atoms with Crippen molar-refractivity contribution in [3.8, 4) is 0 Å². The van der Waals surface area contributed by atoms with Crippen molar-refractivity contribution in [3.63, 3.8) is 0 Å². The Kier molecular flexibility index (Phi) is 9.33. The first-order chi connectivity index (χ1) is 13.6. The fraction of sp³-hybridized carbons (Fsp3) is 0.400. The molecule has 3 heteroatoms. The number of hydrogen-bond acceptors (Lipinski definition) is 3. The maximum absolute atomic E-state index is 12.8. The lowest BCUT2D eigenvalue weighted by Gasteiger charge is -2.12. The van der Waals surface area contributed by atoms with Crippen LogP contribution in [0.4, 0.5) is 11.4 Å². The van der Waals surface area contributed by atoms with Crippen molar-refractivity contribution in [1.29, 1.82) is 0 Å². The van der Waals surface area contributed by atoms with E-state index in [2.05, 4.69) is 6.92 Å². The number of hydrogen-bond donors (Lipinski definition) is 2. The largest absolute Gasteiger partial charge is 0.397 e. The third-order valence-electron chi connectivity index (χ3n) is 5.14. The molecule has 2 aromatic rings. The average molecular weight is 379 g/mol. The quantitative estimate of drug-likeness (QED) is 0.193. The summed E-state index contributed by atoms with van der Waals surface area (Å²) in [6.07, 6.45) is 14.4. The van der Waals surface area contributed by atoms with Gasteiger partial charge in [-0.15, -0.1) is 0 Å². The van der Waals surface area contributed by atoms with Crippen LogP contribution in [0.5, 0.6) is 0 Å². The summed E-state index contributed by atoms with van der Waals surface area (Å²) in [5.41, 5.74) is 15.6. The first-order valence-electron chi connectivity index (χ1n) is 10.6. The third-order valence-corrected chi connectivity index (χ3v) is 5.14. The summed E-state index contributed by atoms with van der Waals surface area (Å²) in [4.78, 5) is 12.8. The fourth-order valence-corrected chi connectivity index (χ4v) is 3.45. The predicted octanol–water partition coefficient (Wildman–Crippen LogP) is 6.43. The van der Waals surface area contributed by atoms with Crippen LogP contribution in [-0.2, 0) is 6.42 Å². The van der Waals surface area contributed by atoms with Gasteiger partial charge in [0.2, 0.25) is 0 Å².